The highest BCUT2D eigenvalue weighted by Crippen LogP contribution is 2.43. The van der Waals surface area contributed by atoms with Crippen molar-refractivity contribution in [2.24, 2.45) is 0 Å². The molecule has 0 aromatic heterocycles. The summed E-state index contributed by atoms with van der Waals surface area (Å²) in [4.78, 5) is 0. The molecular formula is C19H24N+. The van der Waals surface area contributed by atoms with E-state index in [1.165, 1.54) is 27.7 Å². The molecule has 2 aromatic carbocycles. The molecule has 0 saturated carbocycles. The van der Waals surface area contributed by atoms with Crippen LogP contribution in [0.3, 0.4) is 0 Å². The average Bonchev–Trinajstić information content (AvgIpc) is 2.67. The topological polar surface area (TPSA) is 3.01 Å². The van der Waals surface area contributed by atoms with Gasteiger partial charge in [0.2, 0.25) is 5.69 Å². The van der Waals surface area contributed by atoms with Gasteiger partial charge in [0, 0.05) is 11.6 Å². The third kappa shape index (κ3) is 1.89. The standard InChI is InChI=1S/C17H18N.C2H6/c1-5-15-17(2,3)16-13-9-7-6-8-12(13)10-11-14(16)18(15)4;1-2/h5-11H,1H2,2-4H3;1-2H3/q+1;. The molecule has 2 aromatic rings. The van der Waals surface area contributed by atoms with Gasteiger partial charge in [-0.15, -0.1) is 0 Å². The van der Waals surface area contributed by atoms with Gasteiger partial charge in [0.25, 0.3) is 0 Å². The third-order valence-electron chi connectivity index (χ3n) is 4.09. The molecule has 0 amide bonds. The smallest absolute Gasteiger partial charge is 0.198 e. The Morgan fingerprint density at radius 2 is 1.70 bits per heavy atom. The first-order chi connectivity index (χ1) is 9.57. The van der Waals surface area contributed by atoms with Gasteiger partial charge in [-0.05, 0) is 36.8 Å². The van der Waals surface area contributed by atoms with E-state index in [9.17, 15) is 0 Å². The van der Waals surface area contributed by atoms with Crippen molar-refractivity contribution >= 4 is 22.2 Å². The molecule has 3 rings (SSSR count). The quantitative estimate of drug-likeness (QED) is 0.635. The summed E-state index contributed by atoms with van der Waals surface area (Å²) < 4.78 is 2.26. The maximum Gasteiger partial charge on any atom is 0.210 e. The van der Waals surface area contributed by atoms with Crippen molar-refractivity contribution in [2.75, 3.05) is 7.05 Å². The van der Waals surface area contributed by atoms with E-state index in [-0.39, 0.29) is 5.41 Å². The maximum atomic E-state index is 3.97. The second kappa shape index (κ2) is 5.24. The van der Waals surface area contributed by atoms with Crippen molar-refractivity contribution in [3.63, 3.8) is 0 Å². The van der Waals surface area contributed by atoms with Crippen molar-refractivity contribution in [3.8, 4) is 0 Å². The summed E-state index contributed by atoms with van der Waals surface area (Å²) in [6, 6.07) is 13.0. The molecule has 0 N–H and O–H groups in total. The molecule has 0 unspecified atom stereocenters. The van der Waals surface area contributed by atoms with Gasteiger partial charge in [-0.3, -0.25) is 0 Å². The molecule has 1 heterocycles. The SMILES string of the molecule is C=CC1=[N+](C)c2ccc3ccccc3c2C1(C)C.CC. The van der Waals surface area contributed by atoms with Gasteiger partial charge in [0.05, 0.1) is 5.41 Å². The molecule has 0 radical (unpaired) electrons. The van der Waals surface area contributed by atoms with E-state index in [0.717, 1.165) is 0 Å². The molecule has 1 nitrogen and oxygen atoms in total. The Balaban J connectivity index is 0.000000704. The molecule has 1 aliphatic rings. The molecule has 0 atom stereocenters. The zero-order valence-corrected chi connectivity index (χ0v) is 13.2. The minimum Gasteiger partial charge on any atom is -0.198 e. The Hall–Kier alpha value is -1.89. The Morgan fingerprint density at radius 1 is 1.05 bits per heavy atom. The van der Waals surface area contributed by atoms with Crippen molar-refractivity contribution in [1.29, 1.82) is 0 Å². The van der Waals surface area contributed by atoms with Crippen LogP contribution in [0.5, 0.6) is 0 Å². The molecule has 0 aliphatic carbocycles. The van der Waals surface area contributed by atoms with E-state index in [1.807, 2.05) is 19.9 Å². The second-order valence-corrected chi connectivity index (χ2v) is 5.45. The Labute approximate surface area is 122 Å². The number of rotatable bonds is 1. The Kier molecular flexibility index (Phi) is 3.80. The lowest BCUT2D eigenvalue weighted by atomic mass is 9.79. The van der Waals surface area contributed by atoms with Gasteiger partial charge in [-0.25, -0.2) is 0 Å². The first-order valence-electron chi connectivity index (χ1n) is 7.33. The molecule has 104 valence electrons. The zero-order valence-electron chi connectivity index (χ0n) is 13.2. The molecule has 1 aliphatic heterocycles. The summed E-state index contributed by atoms with van der Waals surface area (Å²) in [6.45, 7) is 12.5. The largest absolute Gasteiger partial charge is 0.210 e. The van der Waals surface area contributed by atoms with Gasteiger partial charge in [0.15, 0.2) is 5.71 Å². The van der Waals surface area contributed by atoms with Crippen LogP contribution in [0, 0.1) is 0 Å². The van der Waals surface area contributed by atoms with Crippen molar-refractivity contribution in [3.05, 3.63) is 54.6 Å². The van der Waals surface area contributed by atoms with E-state index in [2.05, 4.69) is 68.4 Å². The lowest BCUT2D eigenvalue weighted by Crippen LogP contribution is -2.26. The van der Waals surface area contributed by atoms with Crippen molar-refractivity contribution in [2.45, 2.75) is 33.1 Å². The van der Waals surface area contributed by atoms with E-state index in [4.69, 9.17) is 0 Å². The number of hydrogen-bond acceptors (Lipinski definition) is 0. The van der Waals surface area contributed by atoms with Gasteiger partial charge in [-0.1, -0.05) is 44.7 Å². The number of benzene rings is 2. The number of allylic oxidation sites excluding steroid dienone is 1. The summed E-state index contributed by atoms with van der Waals surface area (Å²) in [7, 11) is 2.12. The number of fused-ring (bicyclic) bond motifs is 3. The predicted molar refractivity (Wildman–Crippen MR) is 89.4 cm³/mol. The lowest BCUT2D eigenvalue weighted by Gasteiger charge is -2.17. The van der Waals surface area contributed by atoms with Gasteiger partial charge in [0.1, 0.15) is 7.05 Å². The Morgan fingerprint density at radius 3 is 2.35 bits per heavy atom. The van der Waals surface area contributed by atoms with Crippen LogP contribution in [-0.2, 0) is 5.41 Å². The maximum absolute atomic E-state index is 3.97. The molecule has 20 heavy (non-hydrogen) atoms. The lowest BCUT2D eigenvalue weighted by molar-refractivity contribution is -0.401. The first-order valence-corrected chi connectivity index (χ1v) is 7.33. The number of nitrogens with zero attached hydrogens (tertiary/aromatic N) is 1. The summed E-state index contributed by atoms with van der Waals surface area (Å²) in [6.07, 6.45) is 1.98. The van der Waals surface area contributed by atoms with Crippen LogP contribution in [0.4, 0.5) is 5.69 Å². The fraction of sp³-hybridized carbons (Fsp3) is 0.316. The molecular weight excluding hydrogens is 242 g/mol. The van der Waals surface area contributed by atoms with Gasteiger partial charge >= 0.3 is 0 Å². The van der Waals surface area contributed by atoms with Crippen LogP contribution in [0.15, 0.2) is 49.1 Å². The average molecular weight is 266 g/mol. The van der Waals surface area contributed by atoms with E-state index >= 15 is 0 Å². The zero-order chi connectivity index (χ0) is 14.9. The monoisotopic (exact) mass is 266 g/mol. The molecule has 0 saturated heterocycles. The van der Waals surface area contributed by atoms with Crippen LogP contribution >= 0.6 is 0 Å². The van der Waals surface area contributed by atoms with Gasteiger partial charge < -0.3 is 0 Å². The molecule has 0 fully saturated rings. The first kappa shape index (κ1) is 14.5. The molecule has 1 heteroatoms. The Bertz CT molecular complexity index is 690. The summed E-state index contributed by atoms with van der Waals surface area (Å²) in [5.41, 5.74) is 4.01. The van der Waals surface area contributed by atoms with Crippen LogP contribution in [0.25, 0.3) is 10.8 Å². The minimum absolute atomic E-state index is 0.0205. The highest BCUT2D eigenvalue weighted by Gasteiger charge is 2.43. The van der Waals surface area contributed by atoms with Crippen LogP contribution in [0.2, 0.25) is 0 Å². The summed E-state index contributed by atoms with van der Waals surface area (Å²) in [5.74, 6) is 0. The van der Waals surface area contributed by atoms with Crippen molar-refractivity contribution in [1.82, 2.24) is 0 Å². The summed E-state index contributed by atoms with van der Waals surface area (Å²) >= 11 is 0. The van der Waals surface area contributed by atoms with Gasteiger partial charge in [-0.2, -0.15) is 4.58 Å². The van der Waals surface area contributed by atoms with Crippen molar-refractivity contribution < 1.29 is 4.58 Å². The minimum atomic E-state index is 0.0205. The third-order valence-corrected chi connectivity index (χ3v) is 4.09. The highest BCUT2D eigenvalue weighted by molar-refractivity contribution is 6.07. The molecule has 0 spiro atoms. The predicted octanol–water partition coefficient (Wildman–Crippen LogP) is 5.06. The fourth-order valence-corrected chi connectivity index (χ4v) is 3.27. The molecule has 0 bridgehead atoms. The normalized spacial score (nSPS) is 15.7. The number of hydrogen-bond donors (Lipinski definition) is 0. The van der Waals surface area contributed by atoms with Crippen LogP contribution < -0.4 is 0 Å². The summed E-state index contributed by atoms with van der Waals surface area (Å²) in [5, 5.41) is 2.66. The van der Waals surface area contributed by atoms with Crippen LogP contribution in [-0.4, -0.2) is 17.3 Å². The highest BCUT2D eigenvalue weighted by atomic mass is 15.0. The second-order valence-electron chi connectivity index (χ2n) is 5.45. The van der Waals surface area contributed by atoms with E-state index < -0.39 is 0 Å². The van der Waals surface area contributed by atoms with E-state index in [1.54, 1.807) is 0 Å². The van der Waals surface area contributed by atoms with Crippen LogP contribution in [0.1, 0.15) is 33.3 Å². The van der Waals surface area contributed by atoms with E-state index in [0.29, 0.717) is 0 Å². The fourth-order valence-electron chi connectivity index (χ4n) is 3.27.